The van der Waals surface area contributed by atoms with Gasteiger partial charge in [0.1, 0.15) is 11.5 Å². The van der Waals surface area contributed by atoms with E-state index in [1.165, 1.54) is 11.6 Å². The van der Waals surface area contributed by atoms with Crippen LogP contribution in [-0.4, -0.2) is 53.9 Å². The molecule has 29 heavy (non-hydrogen) atoms. The van der Waals surface area contributed by atoms with Crippen LogP contribution < -0.4 is 4.90 Å². The number of anilines is 1. The van der Waals surface area contributed by atoms with E-state index in [4.69, 9.17) is 4.74 Å². The van der Waals surface area contributed by atoms with Crippen LogP contribution >= 0.6 is 0 Å². The molecule has 4 rings (SSSR count). The number of nitrogens with zero attached hydrogens (tertiary/aromatic N) is 2. The number of amides is 1. The van der Waals surface area contributed by atoms with E-state index in [2.05, 4.69) is 23.1 Å². The number of ether oxygens (including phenoxy) is 1. The van der Waals surface area contributed by atoms with Crippen molar-refractivity contribution in [2.75, 3.05) is 37.7 Å². The Morgan fingerprint density at radius 2 is 1.76 bits per heavy atom. The average molecular weight is 396 g/mol. The molecule has 154 valence electrons. The Kier molecular flexibility index (Phi) is 5.37. The largest absolute Gasteiger partial charge is 0.508 e. The molecule has 0 aliphatic carbocycles. The first kappa shape index (κ1) is 19.6. The summed E-state index contributed by atoms with van der Waals surface area (Å²) in [7, 11) is 0. The standard InChI is InChI=1S/C23H28N2O4/c1-15(2)19-12-20(22(27)13-21(19)26)23(28)25-6-5-16-3-4-18(11-17(16)14-25)24-7-9-29-10-8-24/h3-4,11-13,15,26-27H,5-10,14H2,1-2H3. The predicted octanol–water partition coefficient (Wildman–Crippen LogP) is 3.26. The van der Waals surface area contributed by atoms with Gasteiger partial charge in [0.05, 0.1) is 18.8 Å². The molecular weight excluding hydrogens is 368 g/mol. The SMILES string of the molecule is CC(C)c1cc(C(=O)N2CCc3ccc(N4CCOCC4)cc3C2)c(O)cc1O. The van der Waals surface area contributed by atoms with Crippen molar-refractivity contribution in [2.24, 2.45) is 0 Å². The highest BCUT2D eigenvalue weighted by molar-refractivity contribution is 5.97. The number of phenolic OH excluding ortho intramolecular Hbond substituents is 2. The summed E-state index contributed by atoms with van der Waals surface area (Å²) >= 11 is 0. The van der Waals surface area contributed by atoms with Gasteiger partial charge in [0.15, 0.2) is 0 Å². The van der Waals surface area contributed by atoms with E-state index in [9.17, 15) is 15.0 Å². The molecule has 0 radical (unpaired) electrons. The predicted molar refractivity (Wildman–Crippen MR) is 112 cm³/mol. The van der Waals surface area contributed by atoms with Gasteiger partial charge in [0.2, 0.25) is 0 Å². The zero-order chi connectivity index (χ0) is 20.5. The molecule has 6 nitrogen and oxygen atoms in total. The lowest BCUT2D eigenvalue weighted by atomic mass is 9.96. The molecule has 2 aromatic carbocycles. The Balaban J connectivity index is 1.58. The number of carbonyl (C=O) groups is 1. The van der Waals surface area contributed by atoms with Gasteiger partial charge in [-0.05, 0) is 47.2 Å². The van der Waals surface area contributed by atoms with Gasteiger partial charge in [0.25, 0.3) is 5.91 Å². The lowest BCUT2D eigenvalue weighted by Crippen LogP contribution is -2.38. The highest BCUT2D eigenvalue weighted by Crippen LogP contribution is 2.34. The third kappa shape index (κ3) is 3.90. The first-order valence-corrected chi connectivity index (χ1v) is 10.2. The lowest BCUT2D eigenvalue weighted by molar-refractivity contribution is 0.0731. The van der Waals surface area contributed by atoms with E-state index in [0.29, 0.717) is 18.7 Å². The molecule has 2 N–H and O–H groups in total. The highest BCUT2D eigenvalue weighted by atomic mass is 16.5. The summed E-state index contributed by atoms with van der Waals surface area (Å²) < 4.78 is 5.44. The molecule has 2 aliphatic heterocycles. The molecule has 0 atom stereocenters. The zero-order valence-electron chi connectivity index (χ0n) is 17.0. The van der Waals surface area contributed by atoms with Gasteiger partial charge in [0, 0.05) is 37.9 Å². The molecular formula is C23H28N2O4. The Bertz CT molecular complexity index is 919. The summed E-state index contributed by atoms with van der Waals surface area (Å²) in [5, 5.41) is 20.3. The number of morpholine rings is 1. The highest BCUT2D eigenvalue weighted by Gasteiger charge is 2.26. The van der Waals surface area contributed by atoms with Gasteiger partial charge >= 0.3 is 0 Å². The van der Waals surface area contributed by atoms with Crippen LogP contribution in [0.25, 0.3) is 0 Å². The summed E-state index contributed by atoms with van der Waals surface area (Å²) in [6.07, 6.45) is 0.792. The lowest BCUT2D eigenvalue weighted by Gasteiger charge is -2.32. The van der Waals surface area contributed by atoms with Crippen molar-refractivity contribution in [3.8, 4) is 11.5 Å². The Labute approximate surface area is 171 Å². The Morgan fingerprint density at radius 1 is 1.00 bits per heavy atom. The fourth-order valence-electron chi connectivity index (χ4n) is 4.13. The monoisotopic (exact) mass is 396 g/mol. The number of aromatic hydroxyl groups is 2. The first-order chi connectivity index (χ1) is 13.9. The normalized spacial score (nSPS) is 16.8. The molecule has 0 aromatic heterocycles. The third-order valence-electron chi connectivity index (χ3n) is 5.86. The average Bonchev–Trinajstić information content (AvgIpc) is 2.73. The Morgan fingerprint density at radius 3 is 2.48 bits per heavy atom. The minimum absolute atomic E-state index is 0.0215. The van der Waals surface area contributed by atoms with E-state index in [-0.39, 0.29) is 28.9 Å². The van der Waals surface area contributed by atoms with Crippen molar-refractivity contribution in [3.05, 3.63) is 52.6 Å². The molecule has 2 aromatic rings. The summed E-state index contributed by atoms with van der Waals surface area (Å²) in [5.41, 5.74) is 4.49. The number of hydrogen-bond donors (Lipinski definition) is 2. The minimum atomic E-state index is -0.202. The van der Waals surface area contributed by atoms with Gasteiger partial charge in [-0.25, -0.2) is 0 Å². The van der Waals surface area contributed by atoms with E-state index < -0.39 is 0 Å². The van der Waals surface area contributed by atoms with Crippen molar-refractivity contribution in [3.63, 3.8) is 0 Å². The number of fused-ring (bicyclic) bond motifs is 1. The molecule has 0 unspecified atom stereocenters. The quantitative estimate of drug-likeness (QED) is 0.833. The third-order valence-corrected chi connectivity index (χ3v) is 5.86. The van der Waals surface area contributed by atoms with E-state index in [0.717, 1.165) is 44.0 Å². The molecule has 1 amide bonds. The first-order valence-electron chi connectivity index (χ1n) is 10.2. The maximum absolute atomic E-state index is 13.2. The smallest absolute Gasteiger partial charge is 0.257 e. The van der Waals surface area contributed by atoms with Gasteiger partial charge in [-0.3, -0.25) is 4.79 Å². The number of hydrogen-bond acceptors (Lipinski definition) is 5. The van der Waals surface area contributed by atoms with Crippen molar-refractivity contribution in [1.82, 2.24) is 4.90 Å². The molecule has 1 saturated heterocycles. The number of benzene rings is 2. The van der Waals surface area contributed by atoms with Gasteiger partial charge in [-0.15, -0.1) is 0 Å². The van der Waals surface area contributed by atoms with Crippen LogP contribution in [0.4, 0.5) is 5.69 Å². The Hall–Kier alpha value is -2.73. The minimum Gasteiger partial charge on any atom is -0.508 e. The molecule has 2 aliphatic rings. The van der Waals surface area contributed by atoms with Crippen LogP contribution in [0.3, 0.4) is 0 Å². The van der Waals surface area contributed by atoms with Crippen molar-refractivity contribution in [2.45, 2.75) is 32.7 Å². The second-order valence-corrected chi connectivity index (χ2v) is 8.11. The van der Waals surface area contributed by atoms with Crippen molar-refractivity contribution >= 4 is 11.6 Å². The molecule has 1 fully saturated rings. The maximum Gasteiger partial charge on any atom is 0.257 e. The molecule has 2 heterocycles. The fourth-order valence-corrected chi connectivity index (χ4v) is 4.13. The van der Waals surface area contributed by atoms with E-state index in [1.807, 2.05) is 13.8 Å². The van der Waals surface area contributed by atoms with Gasteiger partial charge in [-0.1, -0.05) is 19.9 Å². The van der Waals surface area contributed by atoms with Crippen LogP contribution in [0.1, 0.15) is 46.8 Å². The summed E-state index contributed by atoms with van der Waals surface area (Å²) in [6.45, 7) is 8.25. The second kappa shape index (κ2) is 7.95. The molecule has 0 spiro atoms. The van der Waals surface area contributed by atoms with Crippen LogP contribution in [-0.2, 0) is 17.7 Å². The van der Waals surface area contributed by atoms with Crippen LogP contribution in [0.2, 0.25) is 0 Å². The number of rotatable bonds is 3. The van der Waals surface area contributed by atoms with Crippen LogP contribution in [0, 0.1) is 0 Å². The van der Waals surface area contributed by atoms with Gasteiger partial charge in [-0.2, -0.15) is 0 Å². The van der Waals surface area contributed by atoms with Crippen molar-refractivity contribution in [1.29, 1.82) is 0 Å². The van der Waals surface area contributed by atoms with Crippen LogP contribution in [0.5, 0.6) is 11.5 Å². The number of carbonyl (C=O) groups excluding carboxylic acids is 1. The molecule has 0 saturated carbocycles. The fraction of sp³-hybridized carbons (Fsp3) is 0.435. The second-order valence-electron chi connectivity index (χ2n) is 8.11. The summed E-state index contributed by atoms with van der Waals surface area (Å²) in [6, 6.07) is 9.39. The van der Waals surface area contributed by atoms with Gasteiger partial charge < -0.3 is 24.7 Å². The van der Waals surface area contributed by atoms with E-state index >= 15 is 0 Å². The zero-order valence-corrected chi connectivity index (χ0v) is 17.0. The van der Waals surface area contributed by atoms with E-state index in [1.54, 1.807) is 11.0 Å². The van der Waals surface area contributed by atoms with Crippen molar-refractivity contribution < 1.29 is 19.7 Å². The summed E-state index contributed by atoms with van der Waals surface area (Å²) in [4.78, 5) is 17.3. The molecule has 0 bridgehead atoms. The topological polar surface area (TPSA) is 73.2 Å². The van der Waals surface area contributed by atoms with Crippen LogP contribution in [0.15, 0.2) is 30.3 Å². The molecule has 6 heteroatoms. The summed E-state index contributed by atoms with van der Waals surface area (Å²) in [5.74, 6) is -0.301. The maximum atomic E-state index is 13.2. The number of phenols is 2.